The van der Waals surface area contributed by atoms with Gasteiger partial charge in [0.15, 0.2) is 0 Å². The third-order valence-corrected chi connectivity index (χ3v) is 4.60. The molecule has 1 amide bonds. The fourth-order valence-electron chi connectivity index (χ4n) is 3.31. The van der Waals surface area contributed by atoms with Crippen LogP contribution in [0.25, 0.3) is 0 Å². The van der Waals surface area contributed by atoms with Gasteiger partial charge in [0.05, 0.1) is 31.4 Å². The molecular weight excluding hydrogens is 328 g/mol. The molecule has 2 aromatic rings. The molecule has 1 heterocycles. The van der Waals surface area contributed by atoms with Gasteiger partial charge in [-0.15, -0.1) is 0 Å². The lowest BCUT2D eigenvalue weighted by Crippen LogP contribution is -2.47. The zero-order chi connectivity index (χ0) is 18.5. The lowest BCUT2D eigenvalue weighted by atomic mass is 9.96. The van der Waals surface area contributed by atoms with E-state index >= 15 is 0 Å². The Kier molecular flexibility index (Phi) is 5.78. The molecule has 0 unspecified atom stereocenters. The molecule has 2 aromatic carbocycles. The van der Waals surface area contributed by atoms with E-state index in [1.54, 1.807) is 0 Å². The van der Waals surface area contributed by atoms with E-state index in [9.17, 15) is 9.90 Å². The minimum absolute atomic E-state index is 0.0337. The first-order chi connectivity index (χ1) is 12.6. The van der Waals surface area contributed by atoms with Gasteiger partial charge in [-0.25, -0.2) is 0 Å². The summed E-state index contributed by atoms with van der Waals surface area (Å²) in [6.45, 7) is 4.84. The molecule has 26 heavy (non-hydrogen) atoms. The number of amides is 1. The van der Waals surface area contributed by atoms with Gasteiger partial charge in [0.25, 0.3) is 0 Å². The molecule has 5 nitrogen and oxygen atoms in total. The van der Waals surface area contributed by atoms with Crippen molar-refractivity contribution in [3.05, 3.63) is 60.2 Å². The fraction of sp³-hybridized carbons (Fsp3) is 0.381. The number of hydrogen-bond acceptors (Lipinski definition) is 4. The van der Waals surface area contributed by atoms with Crippen LogP contribution >= 0.6 is 0 Å². The number of nitrogens with zero attached hydrogens (tertiary/aromatic N) is 1. The van der Waals surface area contributed by atoms with Gasteiger partial charge in [-0.05, 0) is 23.6 Å². The Morgan fingerprint density at radius 1 is 1.19 bits per heavy atom. The van der Waals surface area contributed by atoms with Gasteiger partial charge < -0.3 is 20.1 Å². The van der Waals surface area contributed by atoms with Gasteiger partial charge in [-0.2, -0.15) is 0 Å². The molecule has 138 valence electrons. The number of benzene rings is 2. The van der Waals surface area contributed by atoms with Crippen molar-refractivity contribution < 1.29 is 14.6 Å². The van der Waals surface area contributed by atoms with Crippen molar-refractivity contribution in [2.75, 3.05) is 24.6 Å². The minimum Gasteiger partial charge on any atom is -0.484 e. The Labute approximate surface area is 154 Å². The van der Waals surface area contributed by atoms with E-state index in [2.05, 4.69) is 19.2 Å². The third-order valence-electron chi connectivity index (χ3n) is 4.60. The van der Waals surface area contributed by atoms with E-state index in [1.807, 2.05) is 59.5 Å². The summed E-state index contributed by atoms with van der Waals surface area (Å²) in [4.78, 5) is 14.7. The predicted octanol–water partition coefficient (Wildman–Crippen LogP) is 2.76. The van der Waals surface area contributed by atoms with Crippen LogP contribution in [0.4, 0.5) is 5.69 Å². The van der Waals surface area contributed by atoms with Crippen LogP contribution in [-0.4, -0.2) is 36.8 Å². The van der Waals surface area contributed by atoms with Crippen molar-refractivity contribution in [3.8, 4) is 5.75 Å². The topological polar surface area (TPSA) is 61.8 Å². The highest BCUT2D eigenvalue weighted by atomic mass is 16.5. The number of aliphatic hydroxyl groups excluding tert-OH is 1. The van der Waals surface area contributed by atoms with E-state index in [0.717, 1.165) is 11.3 Å². The van der Waals surface area contributed by atoms with E-state index in [-0.39, 0.29) is 37.1 Å². The largest absolute Gasteiger partial charge is 0.484 e. The first-order valence-corrected chi connectivity index (χ1v) is 9.04. The molecule has 0 saturated carbocycles. The van der Waals surface area contributed by atoms with Crippen molar-refractivity contribution in [3.63, 3.8) is 0 Å². The smallest absolute Gasteiger partial charge is 0.240 e. The van der Waals surface area contributed by atoms with Gasteiger partial charge in [0.2, 0.25) is 5.91 Å². The molecule has 0 spiro atoms. The molecule has 0 aliphatic carbocycles. The molecule has 0 saturated heterocycles. The number of para-hydroxylation sites is 2. The van der Waals surface area contributed by atoms with Crippen LogP contribution in [0.5, 0.6) is 5.75 Å². The van der Waals surface area contributed by atoms with Gasteiger partial charge in [0.1, 0.15) is 11.9 Å². The quantitative estimate of drug-likeness (QED) is 0.837. The second kappa shape index (κ2) is 8.23. The zero-order valence-corrected chi connectivity index (χ0v) is 15.3. The Balaban J connectivity index is 1.73. The van der Waals surface area contributed by atoms with Crippen LogP contribution in [0, 0.1) is 5.92 Å². The first kappa shape index (κ1) is 18.3. The van der Waals surface area contributed by atoms with Crippen LogP contribution < -0.4 is 15.0 Å². The van der Waals surface area contributed by atoms with Crippen LogP contribution in [0.15, 0.2) is 54.6 Å². The van der Waals surface area contributed by atoms with Crippen LogP contribution in [0.1, 0.15) is 25.5 Å². The van der Waals surface area contributed by atoms with Crippen molar-refractivity contribution in [1.82, 2.24) is 5.32 Å². The molecule has 2 atom stereocenters. The van der Waals surface area contributed by atoms with Crippen molar-refractivity contribution in [2.24, 2.45) is 5.92 Å². The summed E-state index contributed by atoms with van der Waals surface area (Å²) >= 11 is 0. The molecule has 5 heteroatoms. The number of ether oxygens (including phenoxy) is 1. The van der Waals surface area contributed by atoms with Crippen LogP contribution in [-0.2, 0) is 4.79 Å². The average molecular weight is 354 g/mol. The van der Waals surface area contributed by atoms with Gasteiger partial charge in [-0.3, -0.25) is 4.79 Å². The number of carbonyl (C=O) groups is 1. The van der Waals surface area contributed by atoms with E-state index < -0.39 is 0 Å². The number of nitrogens with one attached hydrogen (secondary N) is 1. The average Bonchev–Trinajstić information content (AvgIpc) is 2.66. The maximum Gasteiger partial charge on any atom is 0.240 e. The predicted molar refractivity (Wildman–Crippen MR) is 102 cm³/mol. The number of carbonyl (C=O) groups excluding carboxylic acids is 1. The summed E-state index contributed by atoms with van der Waals surface area (Å²) in [6, 6.07) is 17.6. The van der Waals surface area contributed by atoms with Gasteiger partial charge in [-0.1, -0.05) is 56.3 Å². The molecular formula is C21H26N2O3. The second-order valence-corrected chi connectivity index (χ2v) is 6.97. The van der Waals surface area contributed by atoms with E-state index in [4.69, 9.17) is 4.74 Å². The van der Waals surface area contributed by atoms with Crippen LogP contribution in [0.3, 0.4) is 0 Å². The standard InChI is InChI=1S/C21H26N2O3/c1-15(2)21(16-8-4-3-5-9-16)22-20(25)13-23-12-17(14-24)26-19-11-7-6-10-18(19)23/h3-11,15,17,21,24H,12-14H2,1-2H3,(H,22,25)/t17-,21-/m1/s1. The summed E-state index contributed by atoms with van der Waals surface area (Å²) in [7, 11) is 0. The summed E-state index contributed by atoms with van der Waals surface area (Å²) in [5.74, 6) is 0.943. The SMILES string of the molecule is CC(C)[C@@H](NC(=O)CN1C[C@H](CO)Oc2ccccc21)c1ccccc1. The van der Waals surface area contributed by atoms with Crippen molar-refractivity contribution >= 4 is 11.6 Å². The number of aliphatic hydroxyl groups is 1. The zero-order valence-electron chi connectivity index (χ0n) is 15.3. The van der Waals surface area contributed by atoms with Crippen molar-refractivity contribution in [2.45, 2.75) is 26.0 Å². The molecule has 2 N–H and O–H groups in total. The molecule has 3 rings (SSSR count). The number of anilines is 1. The first-order valence-electron chi connectivity index (χ1n) is 9.04. The highest BCUT2D eigenvalue weighted by molar-refractivity contribution is 5.82. The maximum atomic E-state index is 12.7. The summed E-state index contributed by atoms with van der Waals surface area (Å²) in [5.41, 5.74) is 1.99. The van der Waals surface area contributed by atoms with Crippen LogP contribution in [0.2, 0.25) is 0 Å². The summed E-state index contributed by atoms with van der Waals surface area (Å²) < 4.78 is 5.76. The minimum atomic E-state index is -0.326. The van der Waals surface area contributed by atoms with Gasteiger partial charge in [0, 0.05) is 0 Å². The molecule has 0 bridgehead atoms. The molecule has 0 aromatic heterocycles. The molecule has 1 aliphatic heterocycles. The Morgan fingerprint density at radius 2 is 1.88 bits per heavy atom. The van der Waals surface area contributed by atoms with Gasteiger partial charge >= 0.3 is 0 Å². The number of fused-ring (bicyclic) bond motifs is 1. The molecule has 0 fully saturated rings. The lowest BCUT2D eigenvalue weighted by molar-refractivity contribution is -0.120. The normalized spacial score (nSPS) is 17.4. The Hall–Kier alpha value is -2.53. The number of hydrogen-bond donors (Lipinski definition) is 2. The number of rotatable bonds is 6. The Morgan fingerprint density at radius 3 is 2.58 bits per heavy atom. The monoisotopic (exact) mass is 354 g/mol. The maximum absolute atomic E-state index is 12.7. The van der Waals surface area contributed by atoms with Crippen molar-refractivity contribution in [1.29, 1.82) is 0 Å². The molecule has 1 aliphatic rings. The fourth-order valence-corrected chi connectivity index (χ4v) is 3.31. The summed E-state index contributed by atoms with van der Waals surface area (Å²) in [6.07, 6.45) is -0.326. The second-order valence-electron chi connectivity index (χ2n) is 6.97. The highest BCUT2D eigenvalue weighted by Crippen LogP contribution is 2.32. The highest BCUT2D eigenvalue weighted by Gasteiger charge is 2.27. The van der Waals surface area contributed by atoms with E-state index in [0.29, 0.717) is 12.3 Å². The lowest BCUT2D eigenvalue weighted by Gasteiger charge is -2.35. The summed E-state index contributed by atoms with van der Waals surface area (Å²) in [5, 5.41) is 12.6. The Bertz CT molecular complexity index is 733. The molecule has 0 radical (unpaired) electrons. The van der Waals surface area contributed by atoms with E-state index in [1.165, 1.54) is 0 Å². The third kappa shape index (κ3) is 4.17.